The number of nitrogens with zero attached hydrogens (tertiary/aromatic N) is 4. The molecule has 2 aliphatic rings. The summed E-state index contributed by atoms with van der Waals surface area (Å²) in [6.45, 7) is 9.01. The van der Waals surface area contributed by atoms with Gasteiger partial charge in [0.2, 0.25) is 11.8 Å². The smallest absolute Gasteiger partial charge is 0.334 e. The first-order chi connectivity index (χ1) is 24.7. The zero-order valence-corrected chi connectivity index (χ0v) is 31.5. The predicted octanol–water partition coefficient (Wildman–Crippen LogP) is 4.38. The van der Waals surface area contributed by atoms with Crippen molar-refractivity contribution in [2.45, 2.75) is 45.6 Å². The zero-order valence-electron chi connectivity index (χ0n) is 30.5. The van der Waals surface area contributed by atoms with E-state index in [0.29, 0.717) is 13.1 Å². The Hall–Kier alpha value is -5.60. The minimum Gasteiger partial charge on any atom is -0.508 e. The molecule has 0 spiro atoms. The summed E-state index contributed by atoms with van der Waals surface area (Å²) in [5.41, 5.74) is 6.28. The monoisotopic (exact) mass is 754 g/mol. The minimum absolute atomic E-state index is 0. The fourth-order valence-corrected chi connectivity index (χ4v) is 6.68. The fraction of sp³-hybridized carbons (Fsp3) is 0.244. The van der Waals surface area contributed by atoms with E-state index in [4.69, 9.17) is 0 Å². The SMILES string of the molecule is C=CCN1CC(=O)N2[C@@H](Cc3ccc(O)cc3)C(=O)N(Cc3cccc4cc[nH]c34)C[C@@H]2N1C(=O)NCc1ccccc1.Cc1ccc(C)cc1.O.O.S. The van der Waals surface area contributed by atoms with E-state index in [1.54, 1.807) is 50.2 Å². The molecule has 3 heterocycles. The van der Waals surface area contributed by atoms with Crippen LogP contribution in [0.5, 0.6) is 5.75 Å². The summed E-state index contributed by atoms with van der Waals surface area (Å²) in [5, 5.41) is 17.1. The average molecular weight is 755 g/mol. The van der Waals surface area contributed by atoms with Crippen LogP contribution >= 0.6 is 13.5 Å². The second-order valence-corrected chi connectivity index (χ2v) is 13.0. The van der Waals surface area contributed by atoms with Crippen molar-refractivity contribution in [1.82, 2.24) is 30.1 Å². The van der Waals surface area contributed by atoms with Crippen molar-refractivity contribution in [3.05, 3.63) is 150 Å². The number of hydrogen-bond donors (Lipinski definition) is 3. The molecule has 4 aromatic carbocycles. The Morgan fingerprint density at radius 1 is 0.889 bits per heavy atom. The molecular formula is C41H50N6O6S. The van der Waals surface area contributed by atoms with Gasteiger partial charge in [-0.3, -0.25) is 9.59 Å². The number of aromatic nitrogens is 1. The highest BCUT2D eigenvalue weighted by molar-refractivity contribution is 7.59. The maximum absolute atomic E-state index is 14.2. The summed E-state index contributed by atoms with van der Waals surface area (Å²) >= 11 is 0. The molecule has 2 aliphatic heterocycles. The molecule has 0 saturated carbocycles. The molecule has 54 heavy (non-hydrogen) atoms. The summed E-state index contributed by atoms with van der Waals surface area (Å²) < 4.78 is 0. The van der Waals surface area contributed by atoms with Crippen LogP contribution in [0.25, 0.3) is 10.9 Å². The molecule has 7 N–H and O–H groups in total. The number of amides is 4. The van der Waals surface area contributed by atoms with E-state index in [2.05, 4.69) is 55.0 Å². The third-order valence-electron chi connectivity index (χ3n) is 9.28. The largest absolute Gasteiger partial charge is 0.508 e. The topological polar surface area (TPSA) is 175 Å². The molecule has 0 unspecified atom stereocenters. The first kappa shape index (κ1) is 42.8. The molecule has 2 fully saturated rings. The van der Waals surface area contributed by atoms with Crippen molar-refractivity contribution in [1.29, 1.82) is 0 Å². The number of H-pyrrole nitrogens is 1. The number of carbonyl (C=O) groups excluding carboxylic acids is 3. The number of para-hydroxylation sites is 1. The number of piperazine rings is 1. The first-order valence-electron chi connectivity index (χ1n) is 17.1. The van der Waals surface area contributed by atoms with Gasteiger partial charge >= 0.3 is 6.03 Å². The van der Waals surface area contributed by atoms with Crippen molar-refractivity contribution in [2.24, 2.45) is 0 Å². The number of carbonyl (C=O) groups is 3. The van der Waals surface area contributed by atoms with Crippen LogP contribution in [0.2, 0.25) is 0 Å². The van der Waals surface area contributed by atoms with Crippen LogP contribution in [0.3, 0.4) is 0 Å². The highest BCUT2D eigenvalue weighted by Gasteiger charge is 2.51. The van der Waals surface area contributed by atoms with Crippen LogP contribution in [0.4, 0.5) is 4.79 Å². The van der Waals surface area contributed by atoms with E-state index < -0.39 is 12.2 Å². The molecule has 5 aromatic rings. The van der Waals surface area contributed by atoms with E-state index in [1.807, 2.05) is 60.8 Å². The number of phenols is 1. The maximum Gasteiger partial charge on any atom is 0.334 e. The van der Waals surface area contributed by atoms with E-state index in [0.717, 1.165) is 27.6 Å². The van der Waals surface area contributed by atoms with E-state index >= 15 is 0 Å². The highest BCUT2D eigenvalue weighted by Crippen LogP contribution is 2.30. The van der Waals surface area contributed by atoms with Gasteiger partial charge in [-0.15, -0.1) is 6.58 Å². The normalized spacial score (nSPS) is 16.5. The molecule has 0 radical (unpaired) electrons. The zero-order chi connectivity index (χ0) is 35.9. The van der Waals surface area contributed by atoms with Crippen LogP contribution in [-0.2, 0) is 29.1 Å². The number of aromatic amines is 1. The molecule has 2 saturated heterocycles. The molecule has 0 bridgehead atoms. The number of fused-ring (bicyclic) bond motifs is 2. The highest BCUT2D eigenvalue weighted by atomic mass is 32.1. The Morgan fingerprint density at radius 2 is 1.56 bits per heavy atom. The lowest BCUT2D eigenvalue weighted by Crippen LogP contribution is -2.76. The van der Waals surface area contributed by atoms with E-state index in [1.165, 1.54) is 11.1 Å². The molecule has 7 rings (SSSR count). The fourth-order valence-electron chi connectivity index (χ4n) is 6.68. The van der Waals surface area contributed by atoms with Crippen molar-refractivity contribution in [3.8, 4) is 5.75 Å². The molecule has 286 valence electrons. The van der Waals surface area contributed by atoms with Crippen LogP contribution in [0.1, 0.15) is 27.8 Å². The third kappa shape index (κ3) is 9.88. The van der Waals surface area contributed by atoms with Gasteiger partial charge in [0.25, 0.3) is 0 Å². The van der Waals surface area contributed by atoms with Crippen molar-refractivity contribution in [3.63, 3.8) is 0 Å². The summed E-state index contributed by atoms with van der Waals surface area (Å²) in [5.74, 6) is -0.307. The van der Waals surface area contributed by atoms with Gasteiger partial charge in [0.1, 0.15) is 18.0 Å². The Bertz CT molecular complexity index is 1970. The minimum atomic E-state index is -0.839. The second-order valence-electron chi connectivity index (χ2n) is 13.0. The van der Waals surface area contributed by atoms with Gasteiger partial charge in [-0.05, 0) is 54.1 Å². The first-order valence-corrected chi connectivity index (χ1v) is 17.1. The molecule has 0 aliphatic carbocycles. The maximum atomic E-state index is 14.2. The van der Waals surface area contributed by atoms with Crippen LogP contribution in [-0.4, -0.2) is 90.5 Å². The number of urea groups is 1. The van der Waals surface area contributed by atoms with Gasteiger partial charge < -0.3 is 36.2 Å². The number of nitrogens with one attached hydrogen (secondary N) is 2. The Labute approximate surface area is 322 Å². The molecular weight excluding hydrogens is 705 g/mol. The third-order valence-corrected chi connectivity index (χ3v) is 9.28. The number of phenolic OH excluding ortho intramolecular Hbond substituents is 1. The van der Waals surface area contributed by atoms with Crippen LogP contribution in [0, 0.1) is 13.8 Å². The van der Waals surface area contributed by atoms with Gasteiger partial charge in [-0.25, -0.2) is 14.8 Å². The summed E-state index contributed by atoms with van der Waals surface area (Å²) in [7, 11) is 0. The van der Waals surface area contributed by atoms with Crippen LogP contribution < -0.4 is 5.32 Å². The molecule has 1 aromatic heterocycles. The molecule has 4 amide bonds. The number of aromatic hydroxyl groups is 1. The molecule has 13 heteroatoms. The molecule has 2 atom stereocenters. The Balaban J connectivity index is 0.000000635. The van der Waals surface area contributed by atoms with Crippen LogP contribution in [0.15, 0.2) is 122 Å². The lowest BCUT2D eigenvalue weighted by atomic mass is 9.98. The summed E-state index contributed by atoms with van der Waals surface area (Å²) in [4.78, 5) is 48.4. The van der Waals surface area contributed by atoms with E-state index in [9.17, 15) is 19.5 Å². The number of hydrogen-bond acceptors (Lipinski definition) is 5. The second kappa shape index (κ2) is 19.5. The Kier molecular flexibility index (Phi) is 15.4. The number of rotatable bonds is 8. The van der Waals surface area contributed by atoms with Gasteiger partial charge in [0, 0.05) is 32.3 Å². The van der Waals surface area contributed by atoms with Crippen molar-refractivity contribution < 1.29 is 30.4 Å². The lowest BCUT2D eigenvalue weighted by molar-refractivity contribution is -0.189. The van der Waals surface area contributed by atoms with Crippen molar-refractivity contribution >= 4 is 42.2 Å². The van der Waals surface area contributed by atoms with Gasteiger partial charge in [-0.2, -0.15) is 13.5 Å². The summed E-state index contributed by atoms with van der Waals surface area (Å²) in [6, 6.07) is 31.5. The lowest BCUT2D eigenvalue weighted by Gasteiger charge is -2.55. The quantitative estimate of drug-likeness (QED) is 0.199. The van der Waals surface area contributed by atoms with E-state index in [-0.39, 0.29) is 74.1 Å². The number of benzene rings is 4. The average Bonchev–Trinajstić information content (AvgIpc) is 3.62. The predicted molar refractivity (Wildman–Crippen MR) is 216 cm³/mol. The van der Waals surface area contributed by atoms with Crippen molar-refractivity contribution in [2.75, 3.05) is 19.6 Å². The summed E-state index contributed by atoms with van der Waals surface area (Å²) in [6.07, 6.45) is 3.03. The number of hydrazine groups is 1. The Morgan fingerprint density at radius 3 is 2.20 bits per heavy atom. The van der Waals surface area contributed by atoms with Gasteiger partial charge in [-0.1, -0.05) is 102 Å². The molecule has 12 nitrogen and oxygen atoms in total. The standard InChI is InChI=1S/C33H34N6O4.C8H10.2H2O.H2S/c1-2-17-37-22-30(41)38-28(18-23-11-13-27(40)14-12-23)32(42)36(20-26-10-6-9-25-15-16-34-31(25)26)21-29(38)39(37)33(43)35-19-24-7-4-3-5-8-24;1-7-3-5-8(2)6-4-7;;;/h2-16,28-29,34,40H,1,17-22H2,(H,35,43);3-6H,1-2H3;3*1H2/t28-,29-;;;;/m0..../s1. The van der Waals surface area contributed by atoms with Gasteiger partial charge in [0.05, 0.1) is 18.6 Å². The van der Waals surface area contributed by atoms with Gasteiger partial charge in [0.15, 0.2) is 0 Å². The number of aryl methyl sites for hydroxylation is 2.